The Bertz CT molecular complexity index is 841. The Hall–Kier alpha value is -3.11. The lowest BCUT2D eigenvalue weighted by Gasteiger charge is -2.35. The van der Waals surface area contributed by atoms with E-state index in [-0.39, 0.29) is 5.91 Å². The zero-order valence-electron chi connectivity index (χ0n) is 16.1. The molecule has 0 radical (unpaired) electrons. The highest BCUT2D eigenvalue weighted by Gasteiger charge is 2.21. The molecule has 1 aliphatic rings. The first-order valence-corrected chi connectivity index (χ1v) is 9.42. The zero-order chi connectivity index (χ0) is 19.8. The van der Waals surface area contributed by atoms with Crippen LogP contribution in [0.25, 0.3) is 0 Å². The highest BCUT2D eigenvalue weighted by Crippen LogP contribution is 2.18. The van der Waals surface area contributed by atoms with Crippen molar-refractivity contribution in [2.24, 2.45) is 0 Å². The number of carbonyl (C=O) groups excluding carboxylic acids is 1. The van der Waals surface area contributed by atoms with Crippen molar-refractivity contribution in [2.45, 2.75) is 6.42 Å². The van der Waals surface area contributed by atoms with Crippen molar-refractivity contribution >= 4 is 11.7 Å². The van der Waals surface area contributed by atoms with Gasteiger partial charge in [0.15, 0.2) is 0 Å². The van der Waals surface area contributed by atoms with E-state index in [1.54, 1.807) is 25.4 Å². The SMILES string of the molecule is COc1ccccc1CCNC(=O)CN1CCN(c2ncccc2C#N)CC1. The normalized spacial score (nSPS) is 14.4. The Kier molecular flexibility index (Phi) is 6.82. The van der Waals surface area contributed by atoms with Crippen molar-refractivity contribution in [2.75, 3.05) is 51.3 Å². The number of anilines is 1. The van der Waals surface area contributed by atoms with Gasteiger partial charge in [0.2, 0.25) is 5.91 Å². The number of para-hydroxylation sites is 1. The van der Waals surface area contributed by atoms with Gasteiger partial charge < -0.3 is 15.0 Å². The van der Waals surface area contributed by atoms with Crippen LogP contribution in [0.3, 0.4) is 0 Å². The lowest BCUT2D eigenvalue weighted by atomic mass is 10.1. The van der Waals surface area contributed by atoms with Gasteiger partial charge in [-0.2, -0.15) is 5.26 Å². The monoisotopic (exact) mass is 379 g/mol. The number of carbonyl (C=O) groups is 1. The standard InChI is InChI=1S/C21H25N5O2/c1-28-19-7-3-2-5-17(19)8-10-23-20(27)16-25-11-13-26(14-12-25)21-18(15-22)6-4-9-24-21/h2-7,9H,8,10-14,16H2,1H3,(H,23,27). The first-order chi connectivity index (χ1) is 13.7. The molecule has 2 aromatic rings. The first-order valence-electron chi connectivity index (χ1n) is 9.42. The van der Waals surface area contributed by atoms with Crippen LogP contribution in [-0.4, -0.2) is 62.2 Å². The second-order valence-electron chi connectivity index (χ2n) is 6.66. The minimum absolute atomic E-state index is 0.0268. The molecule has 1 fully saturated rings. The second-order valence-corrected chi connectivity index (χ2v) is 6.66. The van der Waals surface area contributed by atoms with Crippen LogP contribution in [-0.2, 0) is 11.2 Å². The minimum Gasteiger partial charge on any atom is -0.496 e. The lowest BCUT2D eigenvalue weighted by molar-refractivity contribution is -0.122. The smallest absolute Gasteiger partial charge is 0.234 e. The van der Waals surface area contributed by atoms with Crippen molar-refractivity contribution in [1.82, 2.24) is 15.2 Å². The van der Waals surface area contributed by atoms with Crippen LogP contribution in [0.1, 0.15) is 11.1 Å². The van der Waals surface area contributed by atoms with E-state index in [2.05, 4.69) is 26.2 Å². The fraction of sp³-hybridized carbons (Fsp3) is 0.381. The largest absolute Gasteiger partial charge is 0.496 e. The summed E-state index contributed by atoms with van der Waals surface area (Å²) in [7, 11) is 1.65. The third-order valence-electron chi connectivity index (χ3n) is 4.86. The van der Waals surface area contributed by atoms with Crippen molar-refractivity contribution < 1.29 is 9.53 Å². The number of aromatic nitrogens is 1. The highest BCUT2D eigenvalue weighted by atomic mass is 16.5. The Labute approximate surface area is 165 Å². The molecule has 0 saturated carbocycles. The average Bonchev–Trinajstić information content (AvgIpc) is 2.74. The summed E-state index contributed by atoms with van der Waals surface area (Å²) in [6, 6.07) is 13.6. The Morgan fingerprint density at radius 1 is 1.21 bits per heavy atom. The summed E-state index contributed by atoms with van der Waals surface area (Å²) in [6.07, 6.45) is 2.44. The third-order valence-corrected chi connectivity index (χ3v) is 4.86. The van der Waals surface area contributed by atoms with Crippen LogP contribution in [0.5, 0.6) is 5.75 Å². The van der Waals surface area contributed by atoms with E-state index in [1.807, 2.05) is 24.3 Å². The maximum absolute atomic E-state index is 12.3. The van der Waals surface area contributed by atoms with Gasteiger partial charge >= 0.3 is 0 Å². The first kappa shape index (κ1) is 19.6. The number of hydrogen-bond donors (Lipinski definition) is 1. The van der Waals surface area contributed by atoms with E-state index in [0.29, 0.717) is 18.7 Å². The molecule has 0 unspecified atom stereocenters. The Morgan fingerprint density at radius 2 is 2.00 bits per heavy atom. The van der Waals surface area contributed by atoms with Gasteiger partial charge in [0.25, 0.3) is 0 Å². The third kappa shape index (κ3) is 4.99. The Balaban J connectivity index is 1.42. The van der Waals surface area contributed by atoms with Gasteiger partial charge in [0, 0.05) is 38.9 Å². The summed E-state index contributed by atoms with van der Waals surface area (Å²) in [5.41, 5.74) is 1.67. The van der Waals surface area contributed by atoms with Gasteiger partial charge in [0.05, 0.1) is 19.2 Å². The molecule has 1 saturated heterocycles. The van der Waals surface area contributed by atoms with Crippen LogP contribution in [0.2, 0.25) is 0 Å². The number of methoxy groups -OCH3 is 1. The molecule has 3 rings (SSSR count). The van der Waals surface area contributed by atoms with Crippen LogP contribution in [0.4, 0.5) is 5.82 Å². The predicted octanol–water partition coefficient (Wildman–Crippen LogP) is 1.44. The molecule has 7 heteroatoms. The number of piperazine rings is 1. The van der Waals surface area contributed by atoms with Crippen LogP contribution < -0.4 is 15.0 Å². The number of nitrogens with one attached hydrogen (secondary N) is 1. The predicted molar refractivity (Wildman–Crippen MR) is 107 cm³/mol. The van der Waals surface area contributed by atoms with E-state index in [0.717, 1.165) is 49.7 Å². The molecule has 1 N–H and O–H groups in total. The van der Waals surface area contributed by atoms with Crippen molar-refractivity contribution in [1.29, 1.82) is 5.26 Å². The lowest BCUT2D eigenvalue weighted by Crippen LogP contribution is -2.50. The highest BCUT2D eigenvalue weighted by molar-refractivity contribution is 5.78. The molecule has 7 nitrogen and oxygen atoms in total. The van der Waals surface area contributed by atoms with Crippen LogP contribution >= 0.6 is 0 Å². The number of hydrogen-bond acceptors (Lipinski definition) is 6. The number of nitrogens with zero attached hydrogens (tertiary/aromatic N) is 4. The van der Waals surface area contributed by atoms with Crippen LogP contribution in [0.15, 0.2) is 42.6 Å². The second kappa shape index (κ2) is 9.72. The summed E-state index contributed by atoms with van der Waals surface area (Å²) in [6.45, 7) is 3.99. The number of amides is 1. The molecule has 0 atom stereocenters. The van der Waals surface area contributed by atoms with Gasteiger partial charge in [-0.25, -0.2) is 4.98 Å². The molecule has 1 aliphatic heterocycles. The van der Waals surface area contributed by atoms with Gasteiger partial charge in [-0.1, -0.05) is 18.2 Å². The number of pyridine rings is 1. The molecular formula is C21H25N5O2. The van der Waals surface area contributed by atoms with E-state index < -0.39 is 0 Å². The molecule has 0 bridgehead atoms. The Morgan fingerprint density at radius 3 is 2.75 bits per heavy atom. The van der Waals surface area contributed by atoms with Gasteiger partial charge in [-0.3, -0.25) is 9.69 Å². The minimum atomic E-state index is 0.0268. The van der Waals surface area contributed by atoms with Gasteiger partial charge in [-0.15, -0.1) is 0 Å². The number of nitriles is 1. The molecule has 0 aliphatic carbocycles. The summed E-state index contributed by atoms with van der Waals surface area (Å²) in [5, 5.41) is 12.2. The maximum Gasteiger partial charge on any atom is 0.234 e. The summed E-state index contributed by atoms with van der Waals surface area (Å²) < 4.78 is 5.34. The molecule has 1 aromatic heterocycles. The fourth-order valence-corrected chi connectivity index (χ4v) is 3.36. The maximum atomic E-state index is 12.3. The van der Waals surface area contributed by atoms with Gasteiger partial charge in [0.1, 0.15) is 17.6 Å². The van der Waals surface area contributed by atoms with E-state index in [1.165, 1.54) is 0 Å². The number of ether oxygens (including phenoxy) is 1. The van der Waals surface area contributed by atoms with E-state index >= 15 is 0 Å². The van der Waals surface area contributed by atoms with Crippen molar-refractivity contribution in [3.05, 3.63) is 53.7 Å². The zero-order valence-corrected chi connectivity index (χ0v) is 16.1. The van der Waals surface area contributed by atoms with Crippen LogP contribution in [0, 0.1) is 11.3 Å². The summed E-state index contributed by atoms with van der Waals surface area (Å²) in [5.74, 6) is 1.60. The van der Waals surface area contributed by atoms with Crippen molar-refractivity contribution in [3.8, 4) is 11.8 Å². The topological polar surface area (TPSA) is 81.5 Å². The van der Waals surface area contributed by atoms with Gasteiger partial charge in [-0.05, 0) is 30.2 Å². The van der Waals surface area contributed by atoms with E-state index in [4.69, 9.17) is 4.74 Å². The molecule has 1 amide bonds. The molecule has 146 valence electrons. The van der Waals surface area contributed by atoms with E-state index in [9.17, 15) is 10.1 Å². The molecule has 0 spiro atoms. The summed E-state index contributed by atoms with van der Waals surface area (Å²) in [4.78, 5) is 20.8. The molecule has 28 heavy (non-hydrogen) atoms. The number of benzene rings is 1. The molecular weight excluding hydrogens is 354 g/mol. The quantitative estimate of drug-likeness (QED) is 0.784. The number of rotatable bonds is 7. The molecule has 2 heterocycles. The average molecular weight is 379 g/mol. The summed E-state index contributed by atoms with van der Waals surface area (Å²) >= 11 is 0. The molecule has 1 aromatic carbocycles. The van der Waals surface area contributed by atoms with Crippen molar-refractivity contribution in [3.63, 3.8) is 0 Å². The fourth-order valence-electron chi connectivity index (χ4n) is 3.36.